The minimum Gasteiger partial charge on any atom is -0.486 e. The van der Waals surface area contributed by atoms with E-state index in [9.17, 15) is 0 Å². The highest BCUT2D eigenvalue weighted by atomic mass is 16.5. The molecule has 2 N–H and O–H groups in total. The lowest BCUT2D eigenvalue weighted by molar-refractivity contribution is 0.113. The molecule has 166 valence electrons. The molecule has 8 heteroatoms. The van der Waals surface area contributed by atoms with Gasteiger partial charge in [0.25, 0.3) is 0 Å². The summed E-state index contributed by atoms with van der Waals surface area (Å²) in [7, 11) is 1.92. The van der Waals surface area contributed by atoms with Crippen LogP contribution in [-0.2, 0) is 13.7 Å². The van der Waals surface area contributed by atoms with Crippen LogP contribution in [0.25, 0.3) is 11.4 Å². The zero-order chi connectivity index (χ0) is 21.7. The number of rotatable bonds is 3. The second-order valence-electron chi connectivity index (χ2n) is 9.14. The van der Waals surface area contributed by atoms with Crippen LogP contribution < -0.4 is 15.4 Å². The SMILES string of the molecule is Cc1cc(C2CCN(C3CNC3)CC2)cc2c1OCc1c(ncnc1-c1ccnn1C)N2. The Morgan fingerprint density at radius 1 is 1.12 bits per heavy atom. The topological polar surface area (TPSA) is 80.1 Å². The van der Waals surface area contributed by atoms with Crippen LogP contribution in [0, 0.1) is 6.92 Å². The average Bonchev–Trinajstić information content (AvgIpc) is 3.08. The minimum atomic E-state index is 0.421. The fraction of sp³-hybridized carbons (Fsp3) is 0.458. The number of likely N-dealkylation sites (tertiary alicyclic amines) is 1. The summed E-state index contributed by atoms with van der Waals surface area (Å²) < 4.78 is 8.14. The van der Waals surface area contributed by atoms with Gasteiger partial charge in [0.05, 0.1) is 16.9 Å². The number of anilines is 2. The molecular weight excluding hydrogens is 402 g/mol. The Kier molecular flexibility index (Phi) is 4.84. The highest BCUT2D eigenvalue weighted by Crippen LogP contribution is 2.41. The van der Waals surface area contributed by atoms with E-state index in [4.69, 9.17) is 4.74 Å². The lowest BCUT2D eigenvalue weighted by atomic mass is 9.87. The van der Waals surface area contributed by atoms with Gasteiger partial charge in [0.15, 0.2) is 0 Å². The second kappa shape index (κ2) is 7.86. The summed E-state index contributed by atoms with van der Waals surface area (Å²) in [6.45, 7) is 7.22. The Hall–Kier alpha value is -2.97. The third-order valence-corrected chi connectivity index (χ3v) is 7.20. The summed E-state index contributed by atoms with van der Waals surface area (Å²) in [6, 6.07) is 7.30. The van der Waals surface area contributed by atoms with E-state index in [1.807, 2.05) is 17.8 Å². The van der Waals surface area contributed by atoms with Gasteiger partial charge in [-0.05, 0) is 62.0 Å². The molecule has 0 aliphatic carbocycles. The highest BCUT2D eigenvalue weighted by Gasteiger charge is 2.30. The predicted molar refractivity (Wildman–Crippen MR) is 123 cm³/mol. The molecule has 2 fully saturated rings. The quantitative estimate of drug-likeness (QED) is 0.660. The van der Waals surface area contributed by atoms with E-state index in [1.54, 1.807) is 12.5 Å². The van der Waals surface area contributed by atoms with E-state index in [0.29, 0.717) is 12.5 Å². The van der Waals surface area contributed by atoms with E-state index < -0.39 is 0 Å². The largest absolute Gasteiger partial charge is 0.486 e. The van der Waals surface area contributed by atoms with Gasteiger partial charge in [0.2, 0.25) is 0 Å². The van der Waals surface area contributed by atoms with Crippen molar-refractivity contribution in [1.29, 1.82) is 0 Å². The molecule has 0 saturated carbocycles. The number of aromatic nitrogens is 4. The summed E-state index contributed by atoms with van der Waals surface area (Å²) in [6.07, 6.45) is 5.81. The number of hydrogen-bond donors (Lipinski definition) is 2. The van der Waals surface area contributed by atoms with Crippen LogP contribution in [0.3, 0.4) is 0 Å². The van der Waals surface area contributed by atoms with Gasteiger partial charge in [-0.25, -0.2) is 9.97 Å². The number of nitrogens with one attached hydrogen (secondary N) is 2. The number of aryl methyl sites for hydroxylation is 2. The Labute approximate surface area is 188 Å². The van der Waals surface area contributed by atoms with E-state index in [-0.39, 0.29) is 0 Å². The van der Waals surface area contributed by atoms with E-state index in [2.05, 4.69) is 49.7 Å². The molecular formula is C24H29N7O. The van der Waals surface area contributed by atoms with Gasteiger partial charge in [-0.3, -0.25) is 9.58 Å². The van der Waals surface area contributed by atoms with Crippen LogP contribution in [-0.4, -0.2) is 56.9 Å². The van der Waals surface area contributed by atoms with Gasteiger partial charge in [-0.1, -0.05) is 6.07 Å². The third-order valence-electron chi connectivity index (χ3n) is 7.20. The summed E-state index contributed by atoms with van der Waals surface area (Å²) in [5.41, 5.74) is 6.32. The van der Waals surface area contributed by atoms with Crippen LogP contribution in [0.15, 0.2) is 30.7 Å². The first-order chi connectivity index (χ1) is 15.7. The maximum atomic E-state index is 6.31. The van der Waals surface area contributed by atoms with Crippen molar-refractivity contribution >= 4 is 11.5 Å². The molecule has 3 aliphatic rings. The zero-order valence-electron chi connectivity index (χ0n) is 18.6. The minimum absolute atomic E-state index is 0.421. The predicted octanol–water partition coefficient (Wildman–Crippen LogP) is 2.97. The van der Waals surface area contributed by atoms with Crippen molar-refractivity contribution in [3.8, 4) is 17.1 Å². The summed E-state index contributed by atoms with van der Waals surface area (Å²) in [5.74, 6) is 2.29. The Morgan fingerprint density at radius 3 is 2.69 bits per heavy atom. The first-order valence-corrected chi connectivity index (χ1v) is 11.5. The zero-order valence-corrected chi connectivity index (χ0v) is 18.6. The van der Waals surface area contributed by atoms with Crippen molar-refractivity contribution in [3.63, 3.8) is 0 Å². The van der Waals surface area contributed by atoms with Gasteiger partial charge >= 0.3 is 0 Å². The molecule has 3 aliphatic heterocycles. The molecule has 0 radical (unpaired) electrons. The molecule has 0 bridgehead atoms. The molecule has 32 heavy (non-hydrogen) atoms. The fourth-order valence-electron chi connectivity index (χ4n) is 5.21. The van der Waals surface area contributed by atoms with Crippen molar-refractivity contribution in [1.82, 2.24) is 30.0 Å². The van der Waals surface area contributed by atoms with Crippen molar-refractivity contribution in [2.75, 3.05) is 31.5 Å². The summed E-state index contributed by atoms with van der Waals surface area (Å²) in [5, 5.41) is 11.3. The normalized spacial score (nSPS) is 19.3. The molecule has 5 heterocycles. The molecule has 8 nitrogen and oxygen atoms in total. The maximum absolute atomic E-state index is 6.31. The lowest BCUT2D eigenvalue weighted by Gasteiger charge is -2.42. The molecule has 0 spiro atoms. The Morgan fingerprint density at radius 2 is 1.97 bits per heavy atom. The molecule has 6 rings (SSSR count). The Bertz CT molecular complexity index is 1150. The van der Waals surface area contributed by atoms with Gasteiger partial charge < -0.3 is 15.4 Å². The van der Waals surface area contributed by atoms with E-state index in [0.717, 1.165) is 53.3 Å². The molecule has 1 aromatic carbocycles. The molecule has 2 saturated heterocycles. The van der Waals surface area contributed by atoms with Crippen LogP contribution in [0.4, 0.5) is 11.5 Å². The standard InChI is InChI=1S/C24H29N7O/c1-15-9-17(16-4-7-31(8-5-16)18-11-25-12-18)10-20-23(15)32-13-19-22(21-3-6-28-30(21)2)26-14-27-24(19)29-20/h3,6,9-10,14,16,18,25H,4-5,7-8,11-13H2,1-2H3,(H,26,27,29). The maximum Gasteiger partial charge on any atom is 0.146 e. The molecule has 0 atom stereocenters. The number of benzene rings is 1. The van der Waals surface area contributed by atoms with Crippen molar-refractivity contribution < 1.29 is 4.74 Å². The van der Waals surface area contributed by atoms with E-state index in [1.165, 1.54) is 37.1 Å². The van der Waals surface area contributed by atoms with Gasteiger partial charge in [-0.15, -0.1) is 0 Å². The Balaban J connectivity index is 1.29. The summed E-state index contributed by atoms with van der Waals surface area (Å²) in [4.78, 5) is 11.7. The van der Waals surface area contributed by atoms with Crippen LogP contribution in [0.2, 0.25) is 0 Å². The van der Waals surface area contributed by atoms with Crippen LogP contribution >= 0.6 is 0 Å². The first kappa shape index (κ1) is 19.7. The number of hydrogen-bond acceptors (Lipinski definition) is 7. The molecule has 0 unspecified atom stereocenters. The van der Waals surface area contributed by atoms with Crippen molar-refractivity contribution in [2.24, 2.45) is 7.05 Å². The summed E-state index contributed by atoms with van der Waals surface area (Å²) >= 11 is 0. The third kappa shape index (κ3) is 3.34. The molecule has 3 aromatic rings. The van der Waals surface area contributed by atoms with Crippen molar-refractivity contribution in [3.05, 3.63) is 47.4 Å². The first-order valence-electron chi connectivity index (χ1n) is 11.5. The highest BCUT2D eigenvalue weighted by molar-refractivity contribution is 5.74. The second-order valence-corrected chi connectivity index (χ2v) is 9.14. The molecule has 2 aromatic heterocycles. The van der Waals surface area contributed by atoms with Gasteiger partial charge in [-0.2, -0.15) is 5.10 Å². The van der Waals surface area contributed by atoms with Gasteiger partial charge in [0.1, 0.15) is 30.2 Å². The lowest BCUT2D eigenvalue weighted by Crippen LogP contribution is -2.58. The number of piperidine rings is 1. The van der Waals surface area contributed by atoms with Gasteiger partial charge in [0, 0.05) is 32.4 Å². The average molecular weight is 432 g/mol. The fourth-order valence-corrected chi connectivity index (χ4v) is 5.21. The number of fused-ring (bicyclic) bond motifs is 2. The number of nitrogens with zero attached hydrogens (tertiary/aromatic N) is 5. The molecule has 0 amide bonds. The van der Waals surface area contributed by atoms with E-state index >= 15 is 0 Å². The van der Waals surface area contributed by atoms with Crippen LogP contribution in [0.1, 0.15) is 35.4 Å². The van der Waals surface area contributed by atoms with Crippen molar-refractivity contribution in [2.45, 2.75) is 38.3 Å². The number of ether oxygens (including phenoxy) is 1. The monoisotopic (exact) mass is 431 g/mol. The smallest absolute Gasteiger partial charge is 0.146 e. The van der Waals surface area contributed by atoms with Crippen LogP contribution in [0.5, 0.6) is 5.75 Å².